The molecule has 2 aromatic carbocycles. The first-order valence-corrected chi connectivity index (χ1v) is 12.0. The van der Waals surface area contributed by atoms with Gasteiger partial charge in [-0.3, -0.25) is 4.79 Å². The van der Waals surface area contributed by atoms with E-state index in [9.17, 15) is 13.2 Å². The van der Waals surface area contributed by atoms with E-state index in [1.165, 1.54) is 39.9 Å². The third kappa shape index (κ3) is 3.77. The molecule has 1 unspecified atom stereocenters. The van der Waals surface area contributed by atoms with E-state index in [1.807, 2.05) is 35.8 Å². The smallest absolute Gasteiger partial charge is 0.266 e. The molecule has 1 saturated heterocycles. The Hall–Kier alpha value is -2.00. The molecule has 0 bridgehead atoms. The molecule has 4 rings (SSSR count). The number of aromatic nitrogens is 1. The maximum atomic E-state index is 13.1. The van der Waals surface area contributed by atoms with E-state index in [2.05, 4.69) is 4.99 Å². The number of thiazole rings is 1. The summed E-state index contributed by atoms with van der Waals surface area (Å²) in [5.74, 6) is -0.422. The number of aryl methyl sites for hydroxylation is 1. The molecular formula is C20H20ClN3O3S2. The number of rotatable bonds is 4. The third-order valence-corrected chi connectivity index (χ3v) is 8.25. The van der Waals surface area contributed by atoms with E-state index < -0.39 is 22.0 Å². The summed E-state index contributed by atoms with van der Waals surface area (Å²) in [6, 6.07) is 13.1. The Bertz CT molecular complexity index is 1230. The molecule has 9 heteroatoms. The number of nitrogens with zero attached hydrogens (tertiary/aromatic N) is 3. The predicted octanol–water partition coefficient (Wildman–Crippen LogP) is 3.66. The second-order valence-corrected chi connectivity index (χ2v) is 10.1. The molecule has 1 fully saturated rings. The van der Waals surface area contributed by atoms with Crippen molar-refractivity contribution in [2.75, 3.05) is 6.54 Å². The lowest BCUT2D eigenvalue weighted by atomic mass is 10.2. The molecule has 0 N–H and O–H groups in total. The van der Waals surface area contributed by atoms with E-state index >= 15 is 0 Å². The molecule has 1 amide bonds. The fourth-order valence-corrected chi connectivity index (χ4v) is 6.47. The minimum Gasteiger partial charge on any atom is -0.317 e. The monoisotopic (exact) mass is 449 g/mol. The highest BCUT2D eigenvalue weighted by atomic mass is 35.5. The van der Waals surface area contributed by atoms with Crippen molar-refractivity contribution in [2.24, 2.45) is 4.99 Å². The minimum absolute atomic E-state index is 0.132. The lowest BCUT2D eigenvalue weighted by molar-refractivity contribution is -0.121. The van der Waals surface area contributed by atoms with Gasteiger partial charge in [0.05, 0.1) is 15.1 Å². The van der Waals surface area contributed by atoms with Crippen LogP contribution in [0.3, 0.4) is 0 Å². The van der Waals surface area contributed by atoms with Crippen LogP contribution < -0.4 is 4.80 Å². The highest BCUT2D eigenvalue weighted by molar-refractivity contribution is 7.89. The average Bonchev–Trinajstić information content (AvgIpc) is 3.33. The summed E-state index contributed by atoms with van der Waals surface area (Å²) in [5.41, 5.74) is 1.02. The number of amides is 1. The Kier molecular flexibility index (Phi) is 5.61. The lowest BCUT2D eigenvalue weighted by Gasteiger charge is -2.21. The van der Waals surface area contributed by atoms with Gasteiger partial charge in [0.25, 0.3) is 5.91 Å². The average molecular weight is 450 g/mol. The zero-order valence-corrected chi connectivity index (χ0v) is 18.2. The third-order valence-electron chi connectivity index (χ3n) is 5.02. The van der Waals surface area contributed by atoms with Crippen LogP contribution in [0.1, 0.15) is 19.8 Å². The molecule has 0 radical (unpaired) electrons. The van der Waals surface area contributed by atoms with Crippen molar-refractivity contribution in [3.05, 3.63) is 58.4 Å². The van der Waals surface area contributed by atoms with Crippen LogP contribution in [0.15, 0.2) is 58.4 Å². The molecule has 0 aliphatic carbocycles. The number of hydrogen-bond donors (Lipinski definition) is 0. The van der Waals surface area contributed by atoms with Gasteiger partial charge in [-0.05, 0) is 56.2 Å². The molecule has 1 atom stereocenters. The SMILES string of the molecule is CCn1c(=NC(=O)C2CCCN2S(=O)(=O)c2ccc(Cl)cc2)sc2ccccc21. The van der Waals surface area contributed by atoms with Gasteiger partial charge < -0.3 is 4.57 Å². The van der Waals surface area contributed by atoms with Crippen molar-refractivity contribution in [3.63, 3.8) is 0 Å². The maximum absolute atomic E-state index is 13.1. The standard InChI is InChI=1S/C20H20ClN3O3S2/c1-2-23-16-6-3-4-8-18(16)28-20(23)22-19(25)17-7-5-13-24(17)29(26,27)15-11-9-14(21)10-12-15/h3-4,6,8-12,17H,2,5,7,13H2,1H3. The zero-order chi connectivity index (χ0) is 20.6. The number of fused-ring (bicyclic) bond motifs is 1. The number of benzene rings is 2. The second-order valence-electron chi connectivity index (χ2n) is 6.77. The molecule has 3 aromatic rings. The summed E-state index contributed by atoms with van der Waals surface area (Å²) in [7, 11) is -3.79. The largest absolute Gasteiger partial charge is 0.317 e. The first-order valence-electron chi connectivity index (χ1n) is 9.36. The van der Waals surface area contributed by atoms with Crippen molar-refractivity contribution < 1.29 is 13.2 Å². The van der Waals surface area contributed by atoms with E-state index in [1.54, 1.807) is 0 Å². The van der Waals surface area contributed by atoms with Crippen LogP contribution in [0.5, 0.6) is 0 Å². The van der Waals surface area contributed by atoms with Crippen LogP contribution >= 0.6 is 22.9 Å². The van der Waals surface area contributed by atoms with Crippen molar-refractivity contribution in [1.82, 2.24) is 8.87 Å². The lowest BCUT2D eigenvalue weighted by Crippen LogP contribution is -2.40. The fraction of sp³-hybridized carbons (Fsp3) is 0.300. The van der Waals surface area contributed by atoms with E-state index in [4.69, 9.17) is 11.6 Å². The Morgan fingerprint density at radius 3 is 2.66 bits per heavy atom. The van der Waals surface area contributed by atoms with Crippen LogP contribution in [-0.2, 0) is 21.4 Å². The van der Waals surface area contributed by atoms with Gasteiger partial charge in [-0.2, -0.15) is 9.30 Å². The molecule has 1 aliphatic heterocycles. The minimum atomic E-state index is -3.79. The first-order chi connectivity index (χ1) is 13.9. The Morgan fingerprint density at radius 2 is 1.93 bits per heavy atom. The molecule has 0 spiro atoms. The van der Waals surface area contributed by atoms with Gasteiger partial charge in [0, 0.05) is 18.1 Å². The van der Waals surface area contributed by atoms with Crippen LogP contribution in [0.25, 0.3) is 10.2 Å². The Morgan fingerprint density at radius 1 is 1.21 bits per heavy atom. The van der Waals surface area contributed by atoms with E-state index in [0.29, 0.717) is 35.8 Å². The molecule has 29 heavy (non-hydrogen) atoms. The van der Waals surface area contributed by atoms with Gasteiger partial charge in [-0.1, -0.05) is 35.1 Å². The van der Waals surface area contributed by atoms with Crippen molar-refractivity contribution >= 4 is 49.1 Å². The topological polar surface area (TPSA) is 71.7 Å². The molecule has 152 valence electrons. The highest BCUT2D eigenvalue weighted by Gasteiger charge is 2.39. The quantitative estimate of drug-likeness (QED) is 0.610. The summed E-state index contributed by atoms with van der Waals surface area (Å²) in [6.45, 7) is 2.97. The number of para-hydroxylation sites is 1. The molecule has 0 saturated carbocycles. The van der Waals surface area contributed by atoms with Gasteiger partial charge >= 0.3 is 0 Å². The molecular weight excluding hydrogens is 430 g/mol. The number of carbonyl (C=O) groups excluding carboxylic acids is 1. The molecule has 1 aromatic heterocycles. The van der Waals surface area contributed by atoms with Crippen LogP contribution in [0.2, 0.25) is 5.02 Å². The summed E-state index contributed by atoms with van der Waals surface area (Å²) in [6.07, 6.45) is 1.09. The van der Waals surface area contributed by atoms with Crippen molar-refractivity contribution in [2.45, 2.75) is 37.2 Å². The van der Waals surface area contributed by atoms with Crippen LogP contribution in [-0.4, -0.2) is 35.8 Å². The summed E-state index contributed by atoms with van der Waals surface area (Å²) in [5, 5.41) is 0.460. The van der Waals surface area contributed by atoms with Gasteiger partial charge in [0.15, 0.2) is 4.80 Å². The molecule has 6 nitrogen and oxygen atoms in total. The van der Waals surface area contributed by atoms with Crippen LogP contribution in [0, 0.1) is 0 Å². The number of halogens is 1. The van der Waals surface area contributed by atoms with Crippen molar-refractivity contribution in [3.8, 4) is 0 Å². The number of sulfonamides is 1. The predicted molar refractivity (Wildman–Crippen MR) is 114 cm³/mol. The van der Waals surface area contributed by atoms with Gasteiger partial charge in [-0.15, -0.1) is 0 Å². The normalized spacial score (nSPS) is 18.6. The zero-order valence-electron chi connectivity index (χ0n) is 15.8. The van der Waals surface area contributed by atoms with Gasteiger partial charge in [-0.25, -0.2) is 8.42 Å². The highest BCUT2D eigenvalue weighted by Crippen LogP contribution is 2.27. The summed E-state index contributed by atoms with van der Waals surface area (Å²) in [4.78, 5) is 18.1. The second kappa shape index (κ2) is 8.02. The van der Waals surface area contributed by atoms with Gasteiger partial charge in [0.2, 0.25) is 10.0 Å². The van der Waals surface area contributed by atoms with E-state index in [-0.39, 0.29) is 4.90 Å². The van der Waals surface area contributed by atoms with Gasteiger partial charge in [0.1, 0.15) is 6.04 Å². The fourth-order valence-electron chi connectivity index (χ4n) is 3.60. The summed E-state index contributed by atoms with van der Waals surface area (Å²) >= 11 is 7.31. The van der Waals surface area contributed by atoms with Crippen LogP contribution in [0.4, 0.5) is 0 Å². The number of carbonyl (C=O) groups is 1. The Labute approximate surface area is 178 Å². The molecule has 1 aliphatic rings. The summed E-state index contributed by atoms with van der Waals surface area (Å²) < 4.78 is 30.4. The first kappa shape index (κ1) is 20.3. The Balaban J connectivity index is 1.70. The maximum Gasteiger partial charge on any atom is 0.266 e. The van der Waals surface area contributed by atoms with E-state index in [0.717, 1.165) is 10.2 Å². The van der Waals surface area contributed by atoms with Crippen molar-refractivity contribution in [1.29, 1.82) is 0 Å². The number of hydrogen-bond acceptors (Lipinski definition) is 4. The molecule has 2 heterocycles.